The number of benzene rings is 1. The van der Waals surface area contributed by atoms with Crippen LogP contribution in [0, 0.1) is 0 Å². The first kappa shape index (κ1) is 21.0. The van der Waals surface area contributed by atoms with Crippen LogP contribution < -0.4 is 10.6 Å². The third kappa shape index (κ3) is 5.88. The highest BCUT2D eigenvalue weighted by atomic mass is 32.1. The molecule has 29 heavy (non-hydrogen) atoms. The number of hydrogen-bond acceptors (Lipinski definition) is 5. The Labute approximate surface area is 174 Å². The Morgan fingerprint density at radius 1 is 1.07 bits per heavy atom. The van der Waals surface area contributed by atoms with Crippen LogP contribution in [0.4, 0.5) is 5.69 Å². The molecule has 1 fully saturated rings. The molecule has 0 atom stereocenters. The van der Waals surface area contributed by atoms with Crippen molar-refractivity contribution in [2.45, 2.75) is 19.9 Å². The van der Waals surface area contributed by atoms with E-state index in [-0.39, 0.29) is 23.8 Å². The van der Waals surface area contributed by atoms with Gasteiger partial charge in [0.2, 0.25) is 5.91 Å². The number of piperazine rings is 1. The van der Waals surface area contributed by atoms with Gasteiger partial charge in [0.05, 0.1) is 11.4 Å². The van der Waals surface area contributed by atoms with Crippen LogP contribution in [0.1, 0.15) is 33.9 Å². The molecular formula is C21H26N4O3S. The fourth-order valence-corrected chi connectivity index (χ4v) is 3.81. The smallest absolute Gasteiger partial charge is 0.265 e. The molecule has 2 N–H and O–H groups in total. The lowest BCUT2D eigenvalue weighted by Crippen LogP contribution is -2.51. The summed E-state index contributed by atoms with van der Waals surface area (Å²) in [5.41, 5.74) is 1.14. The molecule has 2 aromatic rings. The minimum Gasteiger partial charge on any atom is -0.353 e. The lowest BCUT2D eigenvalue weighted by molar-refractivity contribution is -0.123. The van der Waals surface area contributed by atoms with Gasteiger partial charge in [-0.3, -0.25) is 19.3 Å². The van der Waals surface area contributed by atoms with E-state index >= 15 is 0 Å². The minimum absolute atomic E-state index is 0.00830. The van der Waals surface area contributed by atoms with E-state index < -0.39 is 0 Å². The first-order chi connectivity index (χ1) is 13.9. The molecule has 3 amide bonds. The fourth-order valence-electron chi connectivity index (χ4n) is 3.19. The Bertz CT molecular complexity index is 859. The van der Waals surface area contributed by atoms with Gasteiger partial charge in [-0.15, -0.1) is 11.3 Å². The van der Waals surface area contributed by atoms with E-state index in [1.54, 1.807) is 35.2 Å². The first-order valence-electron chi connectivity index (χ1n) is 9.68. The van der Waals surface area contributed by atoms with Crippen LogP contribution in [0.2, 0.25) is 0 Å². The van der Waals surface area contributed by atoms with Crippen molar-refractivity contribution in [1.82, 2.24) is 15.1 Å². The summed E-state index contributed by atoms with van der Waals surface area (Å²) in [6.07, 6.45) is 0. The van der Waals surface area contributed by atoms with Crippen molar-refractivity contribution in [3.8, 4) is 0 Å². The van der Waals surface area contributed by atoms with Gasteiger partial charge in [-0.2, -0.15) is 0 Å². The number of carbonyl (C=O) groups excluding carboxylic acids is 3. The van der Waals surface area contributed by atoms with Crippen molar-refractivity contribution >= 4 is 34.7 Å². The minimum atomic E-state index is -0.183. The summed E-state index contributed by atoms with van der Waals surface area (Å²) >= 11 is 1.37. The molecule has 1 aromatic heterocycles. The van der Waals surface area contributed by atoms with Crippen molar-refractivity contribution in [3.63, 3.8) is 0 Å². The number of anilines is 1. The molecule has 0 saturated carbocycles. The molecule has 1 aliphatic heterocycles. The number of carbonyl (C=O) groups is 3. The Morgan fingerprint density at radius 3 is 2.48 bits per heavy atom. The molecule has 1 aromatic carbocycles. The molecule has 0 spiro atoms. The van der Waals surface area contributed by atoms with E-state index in [9.17, 15) is 14.4 Å². The first-order valence-corrected chi connectivity index (χ1v) is 10.6. The molecule has 154 valence electrons. The Morgan fingerprint density at radius 2 is 1.83 bits per heavy atom. The molecule has 3 rings (SSSR count). The largest absolute Gasteiger partial charge is 0.353 e. The normalized spacial score (nSPS) is 14.7. The molecule has 8 heteroatoms. The summed E-state index contributed by atoms with van der Waals surface area (Å²) in [6, 6.07) is 10.7. The van der Waals surface area contributed by atoms with E-state index in [1.165, 1.54) is 11.3 Å². The van der Waals surface area contributed by atoms with E-state index in [0.29, 0.717) is 48.9 Å². The average molecular weight is 415 g/mol. The quantitative estimate of drug-likeness (QED) is 0.760. The SMILES string of the molecule is CC(C)NC(=O)CN1CCN(C(=O)c2cccc(NC(=O)c3cccs3)c2)CC1. The highest BCUT2D eigenvalue weighted by molar-refractivity contribution is 7.12. The molecule has 0 radical (unpaired) electrons. The van der Waals surface area contributed by atoms with Crippen LogP contribution in [-0.2, 0) is 4.79 Å². The molecule has 0 aliphatic carbocycles. The third-order valence-corrected chi connectivity index (χ3v) is 5.46. The van der Waals surface area contributed by atoms with E-state index in [1.807, 2.05) is 25.3 Å². The van der Waals surface area contributed by atoms with Gasteiger partial charge in [-0.25, -0.2) is 0 Å². The van der Waals surface area contributed by atoms with Crippen molar-refractivity contribution in [3.05, 3.63) is 52.2 Å². The highest BCUT2D eigenvalue weighted by Crippen LogP contribution is 2.17. The van der Waals surface area contributed by atoms with Crippen LogP contribution in [0.15, 0.2) is 41.8 Å². The molecule has 0 unspecified atom stereocenters. The number of nitrogens with zero attached hydrogens (tertiary/aromatic N) is 2. The van der Waals surface area contributed by atoms with Gasteiger partial charge in [0.15, 0.2) is 0 Å². The second-order valence-electron chi connectivity index (χ2n) is 7.30. The molecule has 7 nitrogen and oxygen atoms in total. The lowest BCUT2D eigenvalue weighted by Gasteiger charge is -2.34. The summed E-state index contributed by atoms with van der Waals surface area (Å²) in [5.74, 6) is -0.240. The van der Waals surface area contributed by atoms with Gasteiger partial charge in [0.1, 0.15) is 0 Å². The zero-order valence-electron chi connectivity index (χ0n) is 16.7. The standard InChI is InChI=1S/C21H26N4O3S/c1-15(2)22-19(26)14-24-8-10-25(11-9-24)21(28)16-5-3-6-17(13-16)23-20(27)18-7-4-12-29-18/h3-7,12-13,15H,8-11,14H2,1-2H3,(H,22,26)(H,23,27). The van der Waals surface area contributed by atoms with Gasteiger partial charge in [0.25, 0.3) is 11.8 Å². The number of rotatable bonds is 6. The average Bonchev–Trinajstić information content (AvgIpc) is 3.22. The van der Waals surface area contributed by atoms with Crippen molar-refractivity contribution in [1.29, 1.82) is 0 Å². The predicted molar refractivity (Wildman–Crippen MR) is 114 cm³/mol. The molecular weight excluding hydrogens is 388 g/mol. The summed E-state index contributed by atoms with van der Waals surface area (Å²) in [5, 5.41) is 7.57. The van der Waals surface area contributed by atoms with Gasteiger partial charge in [-0.1, -0.05) is 12.1 Å². The summed E-state index contributed by atoms with van der Waals surface area (Å²) in [7, 11) is 0. The van der Waals surface area contributed by atoms with Crippen LogP contribution in [0.5, 0.6) is 0 Å². The molecule has 1 aliphatic rings. The van der Waals surface area contributed by atoms with Gasteiger partial charge < -0.3 is 15.5 Å². The maximum absolute atomic E-state index is 12.9. The van der Waals surface area contributed by atoms with Crippen LogP contribution in [0.25, 0.3) is 0 Å². The zero-order chi connectivity index (χ0) is 20.8. The summed E-state index contributed by atoms with van der Waals surface area (Å²) in [4.78, 5) is 41.4. The second kappa shape index (κ2) is 9.67. The zero-order valence-corrected chi connectivity index (χ0v) is 17.5. The Kier molecular flexibility index (Phi) is 7.00. The highest BCUT2D eigenvalue weighted by Gasteiger charge is 2.23. The number of thiophene rings is 1. The maximum Gasteiger partial charge on any atom is 0.265 e. The monoisotopic (exact) mass is 414 g/mol. The molecule has 2 heterocycles. The van der Waals surface area contributed by atoms with E-state index in [0.717, 1.165) is 0 Å². The third-order valence-electron chi connectivity index (χ3n) is 4.59. The van der Waals surface area contributed by atoms with Crippen molar-refractivity contribution < 1.29 is 14.4 Å². The second-order valence-corrected chi connectivity index (χ2v) is 8.25. The molecule has 1 saturated heterocycles. The van der Waals surface area contributed by atoms with Crippen LogP contribution in [0.3, 0.4) is 0 Å². The number of nitrogens with one attached hydrogen (secondary N) is 2. The van der Waals surface area contributed by atoms with E-state index in [4.69, 9.17) is 0 Å². The van der Waals surface area contributed by atoms with Crippen LogP contribution >= 0.6 is 11.3 Å². The maximum atomic E-state index is 12.9. The topological polar surface area (TPSA) is 81.8 Å². The summed E-state index contributed by atoms with van der Waals surface area (Å²) < 4.78 is 0. The Balaban J connectivity index is 1.54. The Hall–Kier alpha value is -2.71. The molecule has 0 bridgehead atoms. The number of amides is 3. The van der Waals surface area contributed by atoms with Gasteiger partial charge >= 0.3 is 0 Å². The number of hydrogen-bond donors (Lipinski definition) is 2. The van der Waals surface area contributed by atoms with Gasteiger partial charge in [-0.05, 0) is 43.5 Å². The van der Waals surface area contributed by atoms with Gasteiger partial charge in [0, 0.05) is 43.5 Å². The summed E-state index contributed by atoms with van der Waals surface area (Å²) in [6.45, 7) is 6.68. The van der Waals surface area contributed by atoms with Crippen molar-refractivity contribution in [2.24, 2.45) is 0 Å². The van der Waals surface area contributed by atoms with E-state index in [2.05, 4.69) is 15.5 Å². The lowest BCUT2D eigenvalue weighted by atomic mass is 10.1. The fraction of sp³-hybridized carbons (Fsp3) is 0.381. The van der Waals surface area contributed by atoms with Crippen LogP contribution in [-0.4, -0.2) is 66.3 Å². The predicted octanol–water partition coefficient (Wildman–Crippen LogP) is 2.28. The van der Waals surface area contributed by atoms with Crippen molar-refractivity contribution in [2.75, 3.05) is 38.0 Å².